The molecule has 0 aromatic heterocycles. The molecule has 0 bridgehead atoms. The van der Waals surface area contributed by atoms with Crippen LogP contribution in [0.3, 0.4) is 0 Å². The molecule has 0 aliphatic carbocycles. The molecule has 2 atom stereocenters. The molecule has 0 aromatic carbocycles. The summed E-state index contributed by atoms with van der Waals surface area (Å²) >= 11 is 0. The van der Waals surface area contributed by atoms with Crippen molar-refractivity contribution in [2.45, 2.75) is 143 Å². The van der Waals surface area contributed by atoms with E-state index in [9.17, 15) is 0 Å². The zero-order valence-electron chi connectivity index (χ0n) is 19.7. The fraction of sp³-hybridized carbons (Fsp3) is 1.00. The molecule has 0 aromatic rings. The van der Waals surface area contributed by atoms with Crippen LogP contribution in [0.15, 0.2) is 0 Å². The highest BCUT2D eigenvalue weighted by Gasteiger charge is 2.01. The van der Waals surface area contributed by atoms with Gasteiger partial charge in [0.1, 0.15) is 0 Å². The number of ether oxygens (including phenoxy) is 1. The molecule has 2 unspecified atom stereocenters. The minimum atomic E-state index is 0.740. The summed E-state index contributed by atoms with van der Waals surface area (Å²) in [6.07, 6.45) is 27.5. The fourth-order valence-electron chi connectivity index (χ4n) is 4.29. The van der Waals surface area contributed by atoms with Crippen molar-refractivity contribution in [1.82, 2.24) is 0 Å². The molecular formula is C26H54O. The molecule has 0 aliphatic heterocycles. The van der Waals surface area contributed by atoms with Gasteiger partial charge in [-0.05, 0) is 18.3 Å². The lowest BCUT2D eigenvalue weighted by molar-refractivity contribution is 0.154. The molecule has 0 spiro atoms. The van der Waals surface area contributed by atoms with Gasteiger partial charge >= 0.3 is 0 Å². The largest absolute Gasteiger partial charge is 0.384 e. The molecule has 0 saturated carbocycles. The van der Waals surface area contributed by atoms with E-state index in [1.54, 1.807) is 0 Å². The van der Waals surface area contributed by atoms with Gasteiger partial charge in [0.2, 0.25) is 0 Å². The maximum absolute atomic E-state index is 5.20. The van der Waals surface area contributed by atoms with E-state index in [4.69, 9.17) is 4.74 Å². The SMILES string of the molecule is CCCC(C)CCCCCCCCCCCCCCCCCC(C)COC. The van der Waals surface area contributed by atoms with Gasteiger partial charge in [0, 0.05) is 13.7 Å². The molecular weight excluding hydrogens is 328 g/mol. The molecule has 0 fully saturated rings. The summed E-state index contributed by atoms with van der Waals surface area (Å²) in [4.78, 5) is 0. The zero-order valence-corrected chi connectivity index (χ0v) is 19.7. The van der Waals surface area contributed by atoms with Gasteiger partial charge in [-0.15, -0.1) is 0 Å². The van der Waals surface area contributed by atoms with Crippen LogP contribution in [0, 0.1) is 11.8 Å². The van der Waals surface area contributed by atoms with Crippen LogP contribution < -0.4 is 0 Å². The topological polar surface area (TPSA) is 9.23 Å². The van der Waals surface area contributed by atoms with Gasteiger partial charge in [0.15, 0.2) is 0 Å². The standard InChI is InChI=1S/C26H54O/c1-5-21-25(2)22-19-17-15-13-11-9-7-6-8-10-12-14-16-18-20-23-26(3)24-27-4/h25-26H,5-24H2,1-4H3. The lowest BCUT2D eigenvalue weighted by Gasteiger charge is -2.09. The van der Waals surface area contributed by atoms with E-state index < -0.39 is 0 Å². The lowest BCUT2D eigenvalue weighted by Crippen LogP contribution is -2.02. The number of unbranched alkanes of at least 4 members (excludes halogenated alkanes) is 14. The summed E-state index contributed by atoms with van der Waals surface area (Å²) in [5.41, 5.74) is 0. The summed E-state index contributed by atoms with van der Waals surface area (Å²) < 4.78 is 5.20. The number of hydrogen-bond acceptors (Lipinski definition) is 1. The first-order valence-electron chi connectivity index (χ1n) is 12.7. The highest BCUT2D eigenvalue weighted by Crippen LogP contribution is 2.17. The van der Waals surface area contributed by atoms with Crippen molar-refractivity contribution in [3.05, 3.63) is 0 Å². The second-order valence-electron chi connectivity index (χ2n) is 9.34. The molecule has 0 heterocycles. The molecule has 0 radical (unpaired) electrons. The Morgan fingerprint density at radius 2 is 0.815 bits per heavy atom. The first-order chi connectivity index (χ1) is 13.2. The Morgan fingerprint density at radius 1 is 0.481 bits per heavy atom. The highest BCUT2D eigenvalue weighted by molar-refractivity contribution is 4.55. The van der Waals surface area contributed by atoms with Gasteiger partial charge in [-0.3, -0.25) is 0 Å². The van der Waals surface area contributed by atoms with Gasteiger partial charge in [-0.2, -0.15) is 0 Å². The van der Waals surface area contributed by atoms with Crippen molar-refractivity contribution in [1.29, 1.82) is 0 Å². The maximum Gasteiger partial charge on any atom is 0.0487 e. The van der Waals surface area contributed by atoms with Crippen LogP contribution in [0.1, 0.15) is 143 Å². The fourth-order valence-corrected chi connectivity index (χ4v) is 4.29. The van der Waals surface area contributed by atoms with Gasteiger partial charge in [0.25, 0.3) is 0 Å². The first-order valence-corrected chi connectivity index (χ1v) is 12.7. The van der Waals surface area contributed by atoms with Crippen LogP contribution >= 0.6 is 0 Å². The Morgan fingerprint density at radius 3 is 1.15 bits per heavy atom. The van der Waals surface area contributed by atoms with Crippen molar-refractivity contribution in [3.8, 4) is 0 Å². The second-order valence-corrected chi connectivity index (χ2v) is 9.34. The van der Waals surface area contributed by atoms with Crippen LogP contribution in [0.2, 0.25) is 0 Å². The molecule has 0 rings (SSSR count). The van der Waals surface area contributed by atoms with Crippen LogP contribution in [0.25, 0.3) is 0 Å². The van der Waals surface area contributed by atoms with Crippen molar-refractivity contribution in [2.75, 3.05) is 13.7 Å². The van der Waals surface area contributed by atoms with Gasteiger partial charge in [-0.1, -0.05) is 136 Å². The molecule has 27 heavy (non-hydrogen) atoms. The smallest absolute Gasteiger partial charge is 0.0487 e. The normalized spacial score (nSPS) is 13.8. The van der Waals surface area contributed by atoms with Crippen molar-refractivity contribution >= 4 is 0 Å². The van der Waals surface area contributed by atoms with Crippen molar-refractivity contribution in [2.24, 2.45) is 11.8 Å². The van der Waals surface area contributed by atoms with Gasteiger partial charge in [-0.25, -0.2) is 0 Å². The molecule has 1 heteroatoms. The van der Waals surface area contributed by atoms with Crippen LogP contribution in [-0.2, 0) is 4.74 Å². The van der Waals surface area contributed by atoms with E-state index in [1.807, 2.05) is 7.11 Å². The zero-order chi connectivity index (χ0) is 20.0. The van der Waals surface area contributed by atoms with Gasteiger partial charge in [0.05, 0.1) is 0 Å². The van der Waals surface area contributed by atoms with E-state index in [-0.39, 0.29) is 0 Å². The van der Waals surface area contributed by atoms with Crippen molar-refractivity contribution in [3.63, 3.8) is 0 Å². The van der Waals surface area contributed by atoms with E-state index in [2.05, 4.69) is 20.8 Å². The van der Waals surface area contributed by atoms with E-state index in [0.29, 0.717) is 0 Å². The van der Waals surface area contributed by atoms with Crippen LogP contribution in [0.5, 0.6) is 0 Å². The average Bonchev–Trinajstić information content (AvgIpc) is 2.64. The summed E-state index contributed by atoms with van der Waals surface area (Å²) in [5, 5.41) is 0. The number of methoxy groups -OCH3 is 1. The number of rotatable bonds is 22. The van der Waals surface area contributed by atoms with Crippen LogP contribution in [-0.4, -0.2) is 13.7 Å². The second kappa shape index (κ2) is 22.3. The Kier molecular flexibility index (Phi) is 22.2. The van der Waals surface area contributed by atoms with E-state index in [1.165, 1.54) is 122 Å². The predicted octanol–water partition coefficient (Wildman–Crippen LogP) is 9.34. The Bertz CT molecular complexity index is 237. The third-order valence-electron chi connectivity index (χ3n) is 6.13. The lowest BCUT2D eigenvalue weighted by atomic mass is 9.98. The van der Waals surface area contributed by atoms with Crippen LogP contribution in [0.4, 0.5) is 0 Å². The summed E-state index contributed by atoms with van der Waals surface area (Å²) in [5.74, 6) is 1.70. The molecule has 164 valence electrons. The molecule has 0 amide bonds. The first kappa shape index (κ1) is 27.0. The van der Waals surface area contributed by atoms with Gasteiger partial charge < -0.3 is 4.74 Å². The highest BCUT2D eigenvalue weighted by atomic mass is 16.5. The Labute approximate surface area is 173 Å². The Balaban J connectivity index is 3.07. The summed E-state index contributed by atoms with van der Waals surface area (Å²) in [6, 6.07) is 0. The number of hydrogen-bond donors (Lipinski definition) is 0. The molecule has 0 N–H and O–H groups in total. The van der Waals surface area contributed by atoms with E-state index >= 15 is 0 Å². The quantitative estimate of drug-likeness (QED) is 0.169. The maximum atomic E-state index is 5.20. The summed E-state index contributed by atoms with van der Waals surface area (Å²) in [7, 11) is 1.81. The minimum absolute atomic E-state index is 0.740. The minimum Gasteiger partial charge on any atom is -0.384 e. The van der Waals surface area contributed by atoms with E-state index in [0.717, 1.165) is 18.4 Å². The molecule has 0 saturated heterocycles. The van der Waals surface area contributed by atoms with Crippen molar-refractivity contribution < 1.29 is 4.74 Å². The molecule has 1 nitrogen and oxygen atoms in total. The third kappa shape index (κ3) is 22.1. The Hall–Kier alpha value is -0.0400. The molecule has 0 aliphatic rings. The monoisotopic (exact) mass is 382 g/mol. The third-order valence-corrected chi connectivity index (χ3v) is 6.13. The summed E-state index contributed by atoms with van der Waals surface area (Å²) in [6.45, 7) is 7.97. The average molecular weight is 383 g/mol. The predicted molar refractivity (Wildman–Crippen MR) is 124 cm³/mol.